The fourth-order valence-corrected chi connectivity index (χ4v) is 3.12. The zero-order chi connectivity index (χ0) is 14.9. The first-order valence-corrected chi connectivity index (χ1v) is 8.52. The van der Waals surface area contributed by atoms with Gasteiger partial charge in [-0.15, -0.1) is 0 Å². The average Bonchev–Trinajstić information content (AvgIpc) is 2.53. The predicted molar refractivity (Wildman–Crippen MR) is 88.9 cm³/mol. The molecule has 1 fully saturated rings. The molecule has 0 unspecified atom stereocenters. The van der Waals surface area contributed by atoms with Crippen LogP contribution in [0.3, 0.4) is 0 Å². The second-order valence-corrected chi connectivity index (χ2v) is 5.80. The van der Waals surface area contributed by atoms with E-state index in [2.05, 4.69) is 41.4 Å². The molecule has 1 aliphatic rings. The van der Waals surface area contributed by atoms with Crippen LogP contribution < -0.4 is 10.1 Å². The fourth-order valence-electron chi connectivity index (χ4n) is 3.12. The highest BCUT2D eigenvalue weighted by atomic mass is 16.5. The highest BCUT2D eigenvalue weighted by Crippen LogP contribution is 2.29. The van der Waals surface area contributed by atoms with Gasteiger partial charge in [-0.3, -0.25) is 4.90 Å². The van der Waals surface area contributed by atoms with Gasteiger partial charge >= 0.3 is 0 Å². The Balaban J connectivity index is 2.10. The molecule has 118 valence electrons. The molecule has 1 atom stereocenters. The van der Waals surface area contributed by atoms with Gasteiger partial charge in [-0.25, -0.2) is 0 Å². The highest BCUT2D eigenvalue weighted by Gasteiger charge is 2.22. The van der Waals surface area contributed by atoms with E-state index < -0.39 is 0 Å². The maximum absolute atomic E-state index is 5.68. The summed E-state index contributed by atoms with van der Waals surface area (Å²) in [7, 11) is 0. The number of benzene rings is 1. The summed E-state index contributed by atoms with van der Waals surface area (Å²) in [5, 5.41) is 3.45. The Morgan fingerprint density at radius 1 is 1.19 bits per heavy atom. The summed E-state index contributed by atoms with van der Waals surface area (Å²) in [5.41, 5.74) is 1.42. The number of nitrogens with zero attached hydrogens (tertiary/aromatic N) is 1. The first-order chi connectivity index (χ1) is 10.3. The Morgan fingerprint density at radius 2 is 2.00 bits per heavy atom. The lowest BCUT2D eigenvalue weighted by Gasteiger charge is -2.35. The maximum Gasteiger partial charge on any atom is 0.119 e. The van der Waals surface area contributed by atoms with Crippen molar-refractivity contribution < 1.29 is 4.74 Å². The summed E-state index contributed by atoms with van der Waals surface area (Å²) in [6, 6.07) is 9.24. The van der Waals surface area contributed by atoms with Gasteiger partial charge < -0.3 is 10.1 Å². The van der Waals surface area contributed by atoms with Crippen LogP contribution in [0, 0.1) is 0 Å². The topological polar surface area (TPSA) is 24.5 Å². The van der Waals surface area contributed by atoms with Crippen LogP contribution in [0.5, 0.6) is 5.75 Å². The van der Waals surface area contributed by atoms with Gasteiger partial charge in [-0.05, 0) is 31.0 Å². The number of rotatable bonds is 8. The SMILES string of the molecule is CCCCC[C@H](c1cccc(OCC)c1)N1CCNCC1. The summed E-state index contributed by atoms with van der Waals surface area (Å²) < 4.78 is 5.68. The third-order valence-electron chi connectivity index (χ3n) is 4.23. The molecule has 0 radical (unpaired) electrons. The van der Waals surface area contributed by atoms with Crippen molar-refractivity contribution in [1.82, 2.24) is 10.2 Å². The van der Waals surface area contributed by atoms with Crippen molar-refractivity contribution >= 4 is 0 Å². The smallest absolute Gasteiger partial charge is 0.119 e. The molecule has 0 bridgehead atoms. The van der Waals surface area contributed by atoms with E-state index in [0.29, 0.717) is 6.04 Å². The summed E-state index contributed by atoms with van der Waals surface area (Å²) in [6.45, 7) is 9.56. The van der Waals surface area contributed by atoms with Crippen LogP contribution in [-0.4, -0.2) is 37.7 Å². The molecule has 1 aromatic rings. The summed E-state index contributed by atoms with van der Waals surface area (Å²) in [5.74, 6) is 1.01. The summed E-state index contributed by atoms with van der Waals surface area (Å²) >= 11 is 0. The highest BCUT2D eigenvalue weighted by molar-refractivity contribution is 5.30. The second kappa shape index (κ2) is 9.06. The van der Waals surface area contributed by atoms with Gasteiger partial charge in [0.25, 0.3) is 0 Å². The van der Waals surface area contributed by atoms with Crippen molar-refractivity contribution in [3.05, 3.63) is 29.8 Å². The Labute approximate surface area is 129 Å². The van der Waals surface area contributed by atoms with Gasteiger partial charge in [-0.2, -0.15) is 0 Å². The quantitative estimate of drug-likeness (QED) is 0.740. The van der Waals surface area contributed by atoms with E-state index in [0.717, 1.165) is 38.5 Å². The van der Waals surface area contributed by atoms with Crippen LogP contribution in [0.2, 0.25) is 0 Å². The number of unbranched alkanes of at least 4 members (excludes halogenated alkanes) is 2. The monoisotopic (exact) mass is 290 g/mol. The molecule has 2 rings (SSSR count). The van der Waals surface area contributed by atoms with Gasteiger partial charge in [-0.1, -0.05) is 38.3 Å². The lowest BCUT2D eigenvalue weighted by Crippen LogP contribution is -2.45. The minimum absolute atomic E-state index is 0.541. The van der Waals surface area contributed by atoms with Crippen LogP contribution in [-0.2, 0) is 0 Å². The minimum Gasteiger partial charge on any atom is -0.494 e. The van der Waals surface area contributed by atoms with Gasteiger partial charge in [0, 0.05) is 32.2 Å². The van der Waals surface area contributed by atoms with Gasteiger partial charge in [0.2, 0.25) is 0 Å². The van der Waals surface area contributed by atoms with Gasteiger partial charge in [0.05, 0.1) is 6.61 Å². The van der Waals surface area contributed by atoms with Crippen LogP contribution in [0.15, 0.2) is 24.3 Å². The number of hydrogen-bond acceptors (Lipinski definition) is 3. The van der Waals surface area contributed by atoms with Crippen molar-refractivity contribution in [1.29, 1.82) is 0 Å². The standard InChI is InChI=1S/C18H30N2O/c1-3-5-6-10-18(20-13-11-19-12-14-20)16-8-7-9-17(15-16)21-4-2/h7-9,15,18-19H,3-6,10-14H2,1-2H3/t18-/m1/s1. The van der Waals surface area contributed by atoms with Gasteiger partial charge in [0.1, 0.15) is 5.75 Å². The number of nitrogens with one attached hydrogen (secondary N) is 1. The Kier molecular flexibility index (Phi) is 7.04. The predicted octanol–water partition coefficient (Wildman–Crippen LogP) is 3.61. The molecule has 1 N–H and O–H groups in total. The van der Waals surface area contributed by atoms with Crippen LogP contribution >= 0.6 is 0 Å². The molecule has 1 aromatic carbocycles. The number of hydrogen-bond donors (Lipinski definition) is 1. The van der Waals surface area contributed by atoms with Crippen molar-refractivity contribution in [3.63, 3.8) is 0 Å². The van der Waals surface area contributed by atoms with E-state index >= 15 is 0 Å². The molecule has 0 aromatic heterocycles. The molecule has 3 nitrogen and oxygen atoms in total. The van der Waals surface area contributed by atoms with E-state index in [9.17, 15) is 0 Å². The molecule has 1 heterocycles. The first kappa shape index (κ1) is 16.3. The zero-order valence-electron chi connectivity index (χ0n) is 13.6. The van der Waals surface area contributed by atoms with Crippen molar-refractivity contribution in [2.75, 3.05) is 32.8 Å². The molecule has 1 saturated heterocycles. The Hall–Kier alpha value is -1.06. The van der Waals surface area contributed by atoms with Crippen LogP contribution in [0.1, 0.15) is 51.1 Å². The Bertz CT molecular complexity index is 402. The fraction of sp³-hybridized carbons (Fsp3) is 0.667. The van der Waals surface area contributed by atoms with Crippen LogP contribution in [0.25, 0.3) is 0 Å². The minimum atomic E-state index is 0.541. The molecule has 0 amide bonds. The molecular weight excluding hydrogens is 260 g/mol. The molecule has 0 spiro atoms. The molecule has 21 heavy (non-hydrogen) atoms. The number of ether oxygens (including phenoxy) is 1. The van der Waals surface area contributed by atoms with Crippen LogP contribution in [0.4, 0.5) is 0 Å². The van der Waals surface area contributed by atoms with E-state index in [1.807, 2.05) is 6.92 Å². The first-order valence-electron chi connectivity index (χ1n) is 8.52. The normalized spacial score (nSPS) is 17.6. The molecule has 3 heteroatoms. The average molecular weight is 290 g/mol. The molecule has 0 saturated carbocycles. The summed E-state index contributed by atoms with van der Waals surface area (Å²) in [4.78, 5) is 2.64. The van der Waals surface area contributed by atoms with E-state index in [1.165, 1.54) is 31.2 Å². The Morgan fingerprint density at radius 3 is 2.71 bits per heavy atom. The lowest BCUT2D eigenvalue weighted by molar-refractivity contribution is 0.162. The lowest BCUT2D eigenvalue weighted by atomic mass is 9.98. The second-order valence-electron chi connectivity index (χ2n) is 5.80. The largest absolute Gasteiger partial charge is 0.494 e. The van der Waals surface area contributed by atoms with E-state index in [-0.39, 0.29) is 0 Å². The van der Waals surface area contributed by atoms with Crippen molar-refractivity contribution in [3.8, 4) is 5.75 Å². The molecule has 1 aliphatic heterocycles. The van der Waals surface area contributed by atoms with Gasteiger partial charge in [0.15, 0.2) is 0 Å². The molecule has 0 aliphatic carbocycles. The van der Waals surface area contributed by atoms with E-state index in [4.69, 9.17) is 4.74 Å². The summed E-state index contributed by atoms with van der Waals surface area (Å²) in [6.07, 6.45) is 5.17. The van der Waals surface area contributed by atoms with E-state index in [1.54, 1.807) is 0 Å². The zero-order valence-corrected chi connectivity index (χ0v) is 13.6. The third-order valence-corrected chi connectivity index (χ3v) is 4.23. The maximum atomic E-state index is 5.68. The third kappa shape index (κ3) is 5.01. The van der Waals surface area contributed by atoms with Crippen molar-refractivity contribution in [2.24, 2.45) is 0 Å². The van der Waals surface area contributed by atoms with Crippen molar-refractivity contribution in [2.45, 2.75) is 45.6 Å². The number of piperazine rings is 1. The molecular formula is C18H30N2O.